The Labute approximate surface area is 171 Å². The highest BCUT2D eigenvalue weighted by atomic mass is 35.5. The van der Waals surface area contributed by atoms with E-state index in [1.54, 1.807) is 37.6 Å². The molecule has 3 aromatic rings. The van der Waals surface area contributed by atoms with Gasteiger partial charge < -0.3 is 15.0 Å². The van der Waals surface area contributed by atoms with Gasteiger partial charge in [-0.05, 0) is 50.2 Å². The van der Waals surface area contributed by atoms with Crippen LogP contribution >= 0.6 is 23.2 Å². The normalized spacial score (nSPS) is 11.5. The van der Waals surface area contributed by atoms with Crippen LogP contribution in [0, 0.1) is 5.82 Å². The fourth-order valence-corrected chi connectivity index (χ4v) is 3.24. The van der Waals surface area contributed by atoms with Gasteiger partial charge in [0.25, 0.3) is 0 Å². The Morgan fingerprint density at radius 1 is 1.18 bits per heavy atom. The molecule has 1 heterocycles. The number of halogens is 3. The largest absolute Gasteiger partial charge is 0.477 e. The second-order valence-electron chi connectivity index (χ2n) is 6.65. The van der Waals surface area contributed by atoms with Gasteiger partial charge >= 0.3 is 0 Å². The molecule has 0 spiro atoms. The lowest BCUT2D eigenvalue weighted by atomic mass is 10.1. The van der Waals surface area contributed by atoms with Gasteiger partial charge in [0.1, 0.15) is 0 Å². The van der Waals surface area contributed by atoms with Crippen LogP contribution in [0.5, 0.6) is 5.75 Å². The summed E-state index contributed by atoms with van der Waals surface area (Å²) in [5.74, 6) is -0.196. The average Bonchev–Trinajstić information content (AvgIpc) is 2.99. The maximum atomic E-state index is 14.1. The summed E-state index contributed by atoms with van der Waals surface area (Å²) in [7, 11) is 1.74. The summed E-state index contributed by atoms with van der Waals surface area (Å²) < 4.78 is 21.6. The third-order valence-corrected chi connectivity index (χ3v) is 4.71. The molecular formula is C19H17Cl2FN4O2. The minimum Gasteiger partial charge on any atom is -0.477 e. The third-order valence-electron chi connectivity index (χ3n) is 4.17. The molecule has 3 rings (SSSR count). The van der Waals surface area contributed by atoms with Gasteiger partial charge in [0.15, 0.2) is 28.8 Å². The minimum absolute atomic E-state index is 0.0443. The van der Waals surface area contributed by atoms with Crippen molar-refractivity contribution in [1.29, 1.82) is 0 Å². The molecule has 1 aromatic heterocycles. The minimum atomic E-state index is -1.01. The Bertz CT molecular complexity index is 1070. The molecule has 2 aromatic carbocycles. The van der Waals surface area contributed by atoms with Crippen LogP contribution in [0.1, 0.15) is 30.0 Å². The maximum absolute atomic E-state index is 14.1. The highest BCUT2D eigenvalue weighted by Crippen LogP contribution is 2.33. The van der Waals surface area contributed by atoms with E-state index < -0.39 is 17.3 Å². The number of carbonyl (C=O) groups excluding carboxylic acids is 1. The molecule has 0 saturated carbocycles. The molecule has 146 valence electrons. The second kappa shape index (κ2) is 7.41. The first-order chi connectivity index (χ1) is 13.1. The number of nitrogens with zero attached hydrogens (tertiary/aromatic N) is 3. The first-order valence-corrected chi connectivity index (χ1v) is 8.99. The van der Waals surface area contributed by atoms with Gasteiger partial charge in [-0.15, -0.1) is 10.2 Å². The lowest BCUT2D eigenvalue weighted by Gasteiger charge is -2.25. The molecule has 0 unspecified atom stereocenters. The predicted molar refractivity (Wildman–Crippen MR) is 105 cm³/mol. The molecule has 0 aliphatic heterocycles. The molecule has 2 N–H and O–H groups in total. The zero-order chi connectivity index (χ0) is 20.6. The van der Waals surface area contributed by atoms with Crippen LogP contribution in [0.25, 0.3) is 11.4 Å². The zero-order valence-electron chi connectivity index (χ0n) is 15.3. The van der Waals surface area contributed by atoms with Crippen LogP contribution in [0.2, 0.25) is 10.0 Å². The Morgan fingerprint density at radius 2 is 1.89 bits per heavy atom. The summed E-state index contributed by atoms with van der Waals surface area (Å²) >= 11 is 12.1. The number of hydrogen-bond acceptors (Lipinski definition) is 4. The van der Waals surface area contributed by atoms with Crippen LogP contribution in [-0.2, 0) is 12.6 Å². The van der Waals surface area contributed by atoms with E-state index in [1.807, 2.05) is 0 Å². The lowest BCUT2D eigenvalue weighted by molar-refractivity contribution is 0.0894. The van der Waals surface area contributed by atoms with Crippen LogP contribution < -0.4 is 10.5 Å². The van der Waals surface area contributed by atoms with Gasteiger partial charge in [0.2, 0.25) is 5.91 Å². The molecule has 0 radical (unpaired) electrons. The Kier molecular flexibility index (Phi) is 5.32. The number of rotatable bonds is 5. The van der Waals surface area contributed by atoms with E-state index in [0.29, 0.717) is 22.2 Å². The summed E-state index contributed by atoms with van der Waals surface area (Å²) in [6.07, 6.45) is 0. The summed E-state index contributed by atoms with van der Waals surface area (Å²) in [6.45, 7) is 3.49. The SMILES string of the molecule is Cn1c(-c2ccc(C(N)=O)cc2Cl)nnc1C(C)(C)Oc1ccc(Cl)cc1F. The van der Waals surface area contributed by atoms with Gasteiger partial charge in [-0.3, -0.25) is 4.79 Å². The topological polar surface area (TPSA) is 83.0 Å². The van der Waals surface area contributed by atoms with E-state index in [4.69, 9.17) is 33.7 Å². The summed E-state index contributed by atoms with van der Waals surface area (Å²) in [5, 5.41) is 8.96. The summed E-state index contributed by atoms with van der Waals surface area (Å²) in [6, 6.07) is 8.84. The molecule has 0 saturated heterocycles. The smallest absolute Gasteiger partial charge is 0.248 e. The molecule has 0 bridgehead atoms. The number of amides is 1. The number of hydrogen-bond donors (Lipinski definition) is 1. The van der Waals surface area contributed by atoms with Gasteiger partial charge in [0, 0.05) is 23.2 Å². The molecular weight excluding hydrogens is 406 g/mol. The molecule has 28 heavy (non-hydrogen) atoms. The molecule has 0 aliphatic rings. The van der Waals surface area contributed by atoms with Crippen LogP contribution in [0.15, 0.2) is 36.4 Å². The van der Waals surface area contributed by atoms with Gasteiger partial charge in [-0.2, -0.15) is 0 Å². The van der Waals surface area contributed by atoms with E-state index in [2.05, 4.69) is 10.2 Å². The Balaban J connectivity index is 1.97. The first kappa shape index (κ1) is 20.1. The average molecular weight is 423 g/mol. The Morgan fingerprint density at radius 3 is 2.50 bits per heavy atom. The van der Waals surface area contributed by atoms with Crippen molar-refractivity contribution >= 4 is 29.1 Å². The standard InChI is InChI=1S/C19H17Cl2FN4O2/c1-19(2,28-15-7-5-11(20)9-14(15)22)18-25-24-17(26(18)3)12-6-4-10(16(23)27)8-13(12)21/h4-9H,1-3H3,(H2,23,27). The van der Waals surface area contributed by atoms with Crippen LogP contribution in [0.4, 0.5) is 4.39 Å². The molecule has 0 aliphatic carbocycles. The van der Waals surface area contributed by atoms with E-state index >= 15 is 0 Å². The fraction of sp³-hybridized carbons (Fsp3) is 0.211. The van der Waals surface area contributed by atoms with Gasteiger partial charge in [-0.25, -0.2) is 4.39 Å². The molecule has 1 amide bonds. The van der Waals surface area contributed by atoms with Crippen molar-refractivity contribution in [3.8, 4) is 17.1 Å². The van der Waals surface area contributed by atoms with Crippen LogP contribution in [-0.4, -0.2) is 20.7 Å². The van der Waals surface area contributed by atoms with E-state index in [9.17, 15) is 9.18 Å². The monoisotopic (exact) mass is 422 g/mol. The number of carbonyl (C=O) groups is 1. The Hall–Kier alpha value is -2.64. The summed E-state index contributed by atoms with van der Waals surface area (Å²) in [4.78, 5) is 11.3. The van der Waals surface area contributed by atoms with Crippen molar-refractivity contribution in [1.82, 2.24) is 14.8 Å². The molecule has 6 nitrogen and oxygen atoms in total. The number of benzene rings is 2. The van der Waals surface area contributed by atoms with E-state index in [-0.39, 0.29) is 16.3 Å². The van der Waals surface area contributed by atoms with Crippen molar-refractivity contribution in [3.05, 3.63) is 63.6 Å². The zero-order valence-corrected chi connectivity index (χ0v) is 16.8. The number of primary amides is 1. The predicted octanol–water partition coefficient (Wildman–Crippen LogP) is 4.34. The number of nitrogens with two attached hydrogens (primary N) is 1. The van der Waals surface area contributed by atoms with E-state index in [0.717, 1.165) is 0 Å². The highest BCUT2D eigenvalue weighted by Gasteiger charge is 2.31. The molecule has 0 fully saturated rings. The van der Waals surface area contributed by atoms with Crippen molar-refractivity contribution in [2.24, 2.45) is 12.8 Å². The number of aromatic nitrogens is 3. The molecule has 9 heteroatoms. The second-order valence-corrected chi connectivity index (χ2v) is 7.50. The van der Waals surface area contributed by atoms with Crippen molar-refractivity contribution in [2.75, 3.05) is 0 Å². The van der Waals surface area contributed by atoms with Crippen molar-refractivity contribution in [2.45, 2.75) is 19.4 Å². The van der Waals surface area contributed by atoms with Crippen molar-refractivity contribution < 1.29 is 13.9 Å². The maximum Gasteiger partial charge on any atom is 0.248 e. The number of ether oxygens (including phenoxy) is 1. The summed E-state index contributed by atoms with van der Waals surface area (Å²) in [5.41, 5.74) is 5.13. The van der Waals surface area contributed by atoms with E-state index in [1.165, 1.54) is 24.3 Å². The molecule has 0 atom stereocenters. The highest BCUT2D eigenvalue weighted by molar-refractivity contribution is 6.33. The lowest BCUT2D eigenvalue weighted by Crippen LogP contribution is -2.29. The van der Waals surface area contributed by atoms with Gasteiger partial charge in [-0.1, -0.05) is 23.2 Å². The fourth-order valence-electron chi connectivity index (χ4n) is 2.82. The first-order valence-electron chi connectivity index (χ1n) is 8.24. The quantitative estimate of drug-likeness (QED) is 0.662. The van der Waals surface area contributed by atoms with Crippen molar-refractivity contribution in [3.63, 3.8) is 0 Å². The third kappa shape index (κ3) is 3.81. The van der Waals surface area contributed by atoms with Gasteiger partial charge in [0.05, 0.1) is 5.02 Å². The van der Waals surface area contributed by atoms with Crippen LogP contribution in [0.3, 0.4) is 0 Å².